The predicted octanol–water partition coefficient (Wildman–Crippen LogP) is 3.34. The molecule has 1 aliphatic rings. The quantitative estimate of drug-likeness (QED) is 0.706. The summed E-state index contributed by atoms with van der Waals surface area (Å²) in [7, 11) is 0. The topological polar surface area (TPSA) is 64.1 Å². The van der Waals surface area contributed by atoms with E-state index >= 15 is 0 Å². The summed E-state index contributed by atoms with van der Waals surface area (Å²) in [6, 6.07) is 9.81. The molecule has 1 aromatic carbocycles. The Hall–Kier alpha value is -2.99. The van der Waals surface area contributed by atoms with Crippen LogP contribution < -0.4 is 10.1 Å². The second-order valence-electron chi connectivity index (χ2n) is 5.93. The summed E-state index contributed by atoms with van der Waals surface area (Å²) in [5.41, 5.74) is 3.11. The summed E-state index contributed by atoms with van der Waals surface area (Å²) in [4.78, 5) is 20.3. The van der Waals surface area contributed by atoms with E-state index in [1.165, 1.54) is 6.08 Å². The zero-order chi connectivity index (χ0) is 17.8. The number of nitrogens with zero attached hydrogens (tertiary/aromatic N) is 2. The molecule has 0 saturated heterocycles. The van der Waals surface area contributed by atoms with Crippen molar-refractivity contribution in [2.45, 2.75) is 12.5 Å². The van der Waals surface area contributed by atoms with Gasteiger partial charge >= 0.3 is 0 Å². The lowest BCUT2D eigenvalue weighted by atomic mass is 10.1. The molecular weight excluding hydrogens is 346 g/mol. The van der Waals surface area contributed by atoms with Gasteiger partial charge in [-0.3, -0.25) is 9.78 Å². The van der Waals surface area contributed by atoms with Crippen LogP contribution in [0.15, 0.2) is 60.4 Å². The maximum Gasteiger partial charge on any atom is 0.244 e. The molecule has 1 atom stereocenters. The minimum Gasteiger partial charge on any atom is -0.487 e. The Labute approximate surface area is 155 Å². The molecule has 2 aromatic heterocycles. The van der Waals surface area contributed by atoms with Gasteiger partial charge in [0.2, 0.25) is 5.91 Å². The molecule has 3 aromatic rings. The molecule has 6 heteroatoms. The Morgan fingerprint density at radius 2 is 2.15 bits per heavy atom. The number of nitrogens with one attached hydrogen (secondary N) is 1. The van der Waals surface area contributed by atoms with E-state index in [-0.39, 0.29) is 12.0 Å². The zero-order valence-electron chi connectivity index (χ0n) is 14.0. The Bertz CT molecular complexity index is 923. The fourth-order valence-corrected chi connectivity index (χ4v) is 3.56. The van der Waals surface area contributed by atoms with Crippen molar-refractivity contribution >= 4 is 23.3 Å². The van der Waals surface area contributed by atoms with Crippen molar-refractivity contribution in [2.24, 2.45) is 0 Å². The largest absolute Gasteiger partial charge is 0.487 e. The lowest BCUT2D eigenvalue weighted by Gasteiger charge is -2.12. The van der Waals surface area contributed by atoms with Crippen molar-refractivity contribution in [3.05, 3.63) is 71.5 Å². The van der Waals surface area contributed by atoms with Crippen LogP contribution in [0.2, 0.25) is 0 Å². The summed E-state index contributed by atoms with van der Waals surface area (Å²) < 4.78 is 6.09. The molecule has 0 radical (unpaired) electrons. The molecule has 130 valence electrons. The van der Waals surface area contributed by atoms with Crippen molar-refractivity contribution < 1.29 is 9.53 Å². The van der Waals surface area contributed by atoms with E-state index in [1.54, 1.807) is 36.0 Å². The van der Waals surface area contributed by atoms with Gasteiger partial charge in [-0.1, -0.05) is 12.1 Å². The van der Waals surface area contributed by atoms with Gasteiger partial charge in [-0.15, -0.1) is 11.3 Å². The Balaban J connectivity index is 1.36. The smallest absolute Gasteiger partial charge is 0.244 e. The molecule has 0 unspecified atom stereocenters. The third kappa shape index (κ3) is 3.65. The molecule has 1 aliphatic heterocycles. The molecule has 0 saturated carbocycles. The molecule has 5 nitrogen and oxygen atoms in total. The number of para-hydroxylation sites is 1. The number of ether oxygens (including phenoxy) is 1. The fraction of sp³-hybridized carbons (Fsp3) is 0.150. The van der Waals surface area contributed by atoms with E-state index < -0.39 is 0 Å². The van der Waals surface area contributed by atoms with Crippen LogP contribution in [-0.4, -0.2) is 28.5 Å². The number of hydrogen-bond acceptors (Lipinski definition) is 5. The Morgan fingerprint density at radius 3 is 2.96 bits per heavy atom. The highest BCUT2D eigenvalue weighted by Gasteiger charge is 2.26. The third-order valence-electron chi connectivity index (χ3n) is 4.13. The van der Waals surface area contributed by atoms with Gasteiger partial charge in [0.25, 0.3) is 0 Å². The van der Waals surface area contributed by atoms with Crippen molar-refractivity contribution in [2.75, 3.05) is 6.54 Å². The molecule has 0 fully saturated rings. The van der Waals surface area contributed by atoms with Crippen LogP contribution >= 0.6 is 11.3 Å². The third-order valence-corrected chi connectivity index (χ3v) is 4.94. The van der Waals surface area contributed by atoms with Crippen LogP contribution in [0.3, 0.4) is 0 Å². The van der Waals surface area contributed by atoms with Crippen molar-refractivity contribution in [1.29, 1.82) is 0 Å². The second kappa shape index (κ2) is 7.49. The van der Waals surface area contributed by atoms with E-state index in [9.17, 15) is 4.79 Å². The standard InChI is InChI=1S/C20H17N3O2S/c24-18(5-4-14-6-8-21-9-7-14)23-13-16-12-15-2-1-3-17(19(15)25-16)20-22-10-11-26-20/h1-11,16H,12-13H2,(H,23,24)/b5-4+/t16-/m0/s1. The van der Waals surface area contributed by atoms with Gasteiger partial charge in [0.05, 0.1) is 12.1 Å². The van der Waals surface area contributed by atoms with Crippen molar-refractivity contribution in [1.82, 2.24) is 15.3 Å². The van der Waals surface area contributed by atoms with E-state index in [2.05, 4.69) is 21.4 Å². The first kappa shape index (κ1) is 16.5. The number of rotatable bonds is 5. The fourth-order valence-electron chi connectivity index (χ4n) is 2.90. The minimum atomic E-state index is -0.137. The highest BCUT2D eigenvalue weighted by atomic mass is 32.1. The summed E-state index contributed by atoms with van der Waals surface area (Å²) in [6.45, 7) is 0.464. The van der Waals surface area contributed by atoms with E-state index in [0.717, 1.165) is 33.9 Å². The summed E-state index contributed by atoms with van der Waals surface area (Å²) >= 11 is 1.59. The summed E-state index contributed by atoms with van der Waals surface area (Å²) in [5.74, 6) is 0.746. The number of fused-ring (bicyclic) bond motifs is 1. The molecular formula is C20H17N3O2S. The number of benzene rings is 1. The second-order valence-corrected chi connectivity index (χ2v) is 6.83. The summed E-state index contributed by atoms with van der Waals surface area (Å²) in [5, 5.41) is 5.81. The molecule has 0 bridgehead atoms. The number of carbonyl (C=O) groups is 1. The molecule has 4 rings (SSSR count). The van der Waals surface area contributed by atoms with Crippen LogP contribution in [0.5, 0.6) is 5.75 Å². The summed E-state index contributed by atoms with van der Waals surface area (Å²) in [6.07, 6.45) is 9.19. The lowest BCUT2D eigenvalue weighted by molar-refractivity contribution is -0.116. The molecule has 26 heavy (non-hydrogen) atoms. The highest BCUT2D eigenvalue weighted by Crippen LogP contribution is 2.39. The van der Waals surface area contributed by atoms with Gasteiger partial charge in [-0.25, -0.2) is 4.98 Å². The average Bonchev–Trinajstić information content (AvgIpc) is 3.34. The number of thiazole rings is 1. The number of hydrogen-bond donors (Lipinski definition) is 1. The number of aromatic nitrogens is 2. The van der Waals surface area contributed by atoms with E-state index in [1.807, 2.05) is 29.6 Å². The molecule has 1 amide bonds. The maximum atomic E-state index is 12.0. The Morgan fingerprint density at radius 1 is 1.27 bits per heavy atom. The first-order valence-electron chi connectivity index (χ1n) is 8.34. The lowest BCUT2D eigenvalue weighted by Crippen LogP contribution is -2.33. The van der Waals surface area contributed by atoms with Crippen LogP contribution in [0.4, 0.5) is 0 Å². The predicted molar refractivity (Wildman–Crippen MR) is 102 cm³/mol. The monoisotopic (exact) mass is 363 g/mol. The van der Waals surface area contributed by atoms with Crippen molar-refractivity contribution in [3.63, 3.8) is 0 Å². The van der Waals surface area contributed by atoms with Crippen LogP contribution in [0.25, 0.3) is 16.6 Å². The maximum absolute atomic E-state index is 12.0. The average molecular weight is 363 g/mol. The first-order valence-corrected chi connectivity index (χ1v) is 9.22. The van der Waals surface area contributed by atoms with Gasteiger partial charge in [0.1, 0.15) is 16.9 Å². The van der Waals surface area contributed by atoms with Gasteiger partial charge in [0.15, 0.2) is 0 Å². The normalized spacial score (nSPS) is 15.6. The highest BCUT2D eigenvalue weighted by molar-refractivity contribution is 7.13. The van der Waals surface area contributed by atoms with E-state index in [4.69, 9.17) is 4.74 Å². The molecule has 0 spiro atoms. The number of carbonyl (C=O) groups excluding carboxylic acids is 1. The first-order chi connectivity index (χ1) is 12.8. The van der Waals surface area contributed by atoms with Gasteiger partial charge in [-0.2, -0.15) is 0 Å². The molecule has 3 heterocycles. The van der Waals surface area contributed by atoms with E-state index in [0.29, 0.717) is 6.54 Å². The van der Waals surface area contributed by atoms with Crippen LogP contribution in [-0.2, 0) is 11.2 Å². The van der Waals surface area contributed by atoms with Crippen LogP contribution in [0.1, 0.15) is 11.1 Å². The van der Waals surface area contributed by atoms with Gasteiger partial charge in [-0.05, 0) is 35.4 Å². The molecule has 0 aliphatic carbocycles. The van der Waals surface area contributed by atoms with Crippen molar-refractivity contribution in [3.8, 4) is 16.3 Å². The SMILES string of the molecule is O=C(/C=C/c1ccncc1)NC[C@@H]1Cc2cccc(-c3nccs3)c2O1. The molecule has 1 N–H and O–H groups in total. The van der Waals surface area contributed by atoms with Gasteiger partial charge in [0, 0.05) is 36.5 Å². The van der Waals surface area contributed by atoms with Gasteiger partial charge < -0.3 is 10.1 Å². The Kier molecular flexibility index (Phi) is 4.75. The van der Waals surface area contributed by atoms with Crippen LogP contribution in [0, 0.1) is 0 Å². The number of amides is 1. The minimum absolute atomic E-state index is 0.0654. The number of pyridine rings is 1. The zero-order valence-corrected chi connectivity index (χ0v) is 14.8.